The van der Waals surface area contributed by atoms with Gasteiger partial charge in [-0.25, -0.2) is 0 Å². The lowest BCUT2D eigenvalue weighted by molar-refractivity contribution is -0.150. The number of halogens is 1. The fourth-order valence-corrected chi connectivity index (χ4v) is 4.10. The highest BCUT2D eigenvalue weighted by Gasteiger charge is 2.49. The van der Waals surface area contributed by atoms with Crippen molar-refractivity contribution in [2.24, 2.45) is 5.92 Å². The second-order valence-electron chi connectivity index (χ2n) is 5.91. The van der Waals surface area contributed by atoms with Crippen molar-refractivity contribution in [3.05, 3.63) is 34.9 Å². The third-order valence-electron chi connectivity index (χ3n) is 5.04. The average molecular weight is 294 g/mol. The van der Waals surface area contributed by atoms with Crippen molar-refractivity contribution in [3.8, 4) is 0 Å². The Hall–Kier alpha value is -1.06. The predicted molar refractivity (Wildman–Crippen MR) is 78.9 cm³/mol. The van der Waals surface area contributed by atoms with E-state index in [4.69, 9.17) is 16.3 Å². The number of carbonyl (C=O) groups is 1. The second kappa shape index (κ2) is 5.38. The van der Waals surface area contributed by atoms with E-state index in [1.54, 1.807) is 0 Å². The summed E-state index contributed by atoms with van der Waals surface area (Å²) in [6.07, 6.45) is 3.29. The van der Waals surface area contributed by atoms with Crippen LogP contribution in [-0.2, 0) is 9.53 Å². The topological polar surface area (TPSA) is 29.5 Å². The summed E-state index contributed by atoms with van der Waals surface area (Å²) >= 11 is 5.97. The van der Waals surface area contributed by atoms with Gasteiger partial charge in [0.2, 0.25) is 0 Å². The van der Waals surface area contributed by atoms with Crippen molar-refractivity contribution < 1.29 is 9.53 Å². The predicted octanol–water partition coefficient (Wildman–Crippen LogP) is 3.08. The van der Waals surface area contributed by atoms with Crippen molar-refractivity contribution >= 4 is 17.6 Å². The van der Waals surface area contributed by atoms with Crippen LogP contribution >= 0.6 is 11.6 Å². The molecule has 2 saturated heterocycles. The van der Waals surface area contributed by atoms with E-state index in [0.29, 0.717) is 12.1 Å². The molecule has 1 aromatic rings. The number of esters is 1. The summed E-state index contributed by atoms with van der Waals surface area (Å²) in [7, 11) is 3.62. The Morgan fingerprint density at radius 2 is 2.00 bits per heavy atom. The number of rotatable bonds is 2. The lowest BCUT2D eigenvalue weighted by atomic mass is 9.76. The van der Waals surface area contributed by atoms with E-state index in [0.717, 1.165) is 17.9 Å². The molecule has 2 fully saturated rings. The molecule has 1 unspecified atom stereocenters. The summed E-state index contributed by atoms with van der Waals surface area (Å²) in [6.45, 7) is 0. The molecule has 2 aliphatic rings. The van der Waals surface area contributed by atoms with Gasteiger partial charge in [-0.15, -0.1) is 0 Å². The summed E-state index contributed by atoms with van der Waals surface area (Å²) < 4.78 is 5.07. The van der Waals surface area contributed by atoms with Gasteiger partial charge in [-0.1, -0.05) is 23.7 Å². The van der Waals surface area contributed by atoms with Gasteiger partial charge in [0.15, 0.2) is 0 Å². The molecule has 20 heavy (non-hydrogen) atoms. The Kier molecular flexibility index (Phi) is 3.74. The number of methoxy groups -OCH3 is 1. The van der Waals surface area contributed by atoms with Crippen molar-refractivity contribution in [2.75, 3.05) is 14.2 Å². The molecule has 4 heteroatoms. The lowest BCUT2D eigenvalue weighted by Crippen LogP contribution is -2.49. The maximum Gasteiger partial charge on any atom is 0.310 e. The molecule has 0 saturated carbocycles. The van der Waals surface area contributed by atoms with E-state index < -0.39 is 0 Å². The van der Waals surface area contributed by atoms with E-state index in [2.05, 4.69) is 11.9 Å². The van der Waals surface area contributed by atoms with Crippen LogP contribution in [-0.4, -0.2) is 37.1 Å². The van der Waals surface area contributed by atoms with Crippen LogP contribution in [0.4, 0.5) is 0 Å². The lowest BCUT2D eigenvalue weighted by Gasteiger charge is -2.41. The fraction of sp³-hybridized carbons (Fsp3) is 0.562. The highest BCUT2D eigenvalue weighted by Crippen LogP contribution is 2.46. The highest BCUT2D eigenvalue weighted by atomic mass is 35.5. The van der Waals surface area contributed by atoms with Gasteiger partial charge < -0.3 is 4.74 Å². The van der Waals surface area contributed by atoms with E-state index in [-0.39, 0.29) is 17.8 Å². The molecule has 4 atom stereocenters. The van der Waals surface area contributed by atoms with Crippen LogP contribution in [0.5, 0.6) is 0 Å². The second-order valence-corrected chi connectivity index (χ2v) is 6.34. The van der Waals surface area contributed by atoms with Gasteiger partial charge >= 0.3 is 5.97 Å². The molecule has 2 bridgehead atoms. The Bertz CT molecular complexity index is 502. The van der Waals surface area contributed by atoms with E-state index >= 15 is 0 Å². The first-order valence-electron chi connectivity index (χ1n) is 7.17. The van der Waals surface area contributed by atoms with E-state index in [1.807, 2.05) is 24.3 Å². The van der Waals surface area contributed by atoms with Crippen molar-refractivity contribution in [1.29, 1.82) is 0 Å². The standard InChI is InChI=1S/C16H20ClNO2/c1-18-12-7-8-14(18)15(16(19)20-2)13(9-12)10-3-5-11(17)6-4-10/h3-6,12-15H,7-9H2,1-2H3/t12?,13-,14-,15+/m1/s1. The van der Waals surface area contributed by atoms with Crippen LogP contribution in [0.2, 0.25) is 5.02 Å². The number of hydrogen-bond acceptors (Lipinski definition) is 3. The smallest absolute Gasteiger partial charge is 0.310 e. The van der Waals surface area contributed by atoms with Crippen LogP contribution in [0.3, 0.4) is 0 Å². The molecule has 0 radical (unpaired) electrons. The third-order valence-corrected chi connectivity index (χ3v) is 5.29. The summed E-state index contributed by atoms with van der Waals surface area (Å²) in [5.41, 5.74) is 1.20. The van der Waals surface area contributed by atoms with Gasteiger partial charge in [0, 0.05) is 23.0 Å². The molecular formula is C16H20ClNO2. The first kappa shape index (κ1) is 13.9. The first-order chi connectivity index (χ1) is 9.61. The van der Waals surface area contributed by atoms with Gasteiger partial charge in [-0.2, -0.15) is 0 Å². The average Bonchev–Trinajstić information content (AvgIpc) is 2.70. The highest BCUT2D eigenvalue weighted by molar-refractivity contribution is 6.30. The zero-order valence-corrected chi connectivity index (χ0v) is 12.6. The largest absolute Gasteiger partial charge is 0.469 e. The molecule has 2 aliphatic heterocycles. The molecule has 3 rings (SSSR count). The SMILES string of the molecule is COC(=O)[C@H]1[C@@H](c2ccc(Cl)cc2)CC2CC[C@H]1N2C. The number of ether oxygens (including phenoxy) is 1. The maximum atomic E-state index is 12.3. The maximum absolute atomic E-state index is 12.3. The van der Waals surface area contributed by atoms with Crippen LogP contribution < -0.4 is 0 Å². The molecule has 1 aromatic carbocycles. The Labute approximate surface area is 124 Å². The Morgan fingerprint density at radius 1 is 1.30 bits per heavy atom. The van der Waals surface area contributed by atoms with Gasteiger partial charge in [-0.05, 0) is 44.0 Å². The summed E-state index contributed by atoms with van der Waals surface area (Å²) in [5.74, 6) is 0.0977. The number of carbonyl (C=O) groups excluding carboxylic acids is 1. The van der Waals surface area contributed by atoms with Crippen LogP contribution in [0.25, 0.3) is 0 Å². The molecule has 0 spiro atoms. The first-order valence-corrected chi connectivity index (χ1v) is 7.55. The van der Waals surface area contributed by atoms with Gasteiger partial charge in [0.1, 0.15) is 0 Å². The minimum absolute atomic E-state index is 0.0649. The van der Waals surface area contributed by atoms with Gasteiger partial charge in [0.25, 0.3) is 0 Å². The normalized spacial score (nSPS) is 33.1. The van der Waals surface area contributed by atoms with Crippen LogP contribution in [0.15, 0.2) is 24.3 Å². The van der Waals surface area contributed by atoms with Crippen LogP contribution in [0.1, 0.15) is 30.7 Å². The molecule has 108 valence electrons. The fourth-order valence-electron chi connectivity index (χ4n) is 3.98. The molecule has 0 aromatic heterocycles. The summed E-state index contributed by atoms with van der Waals surface area (Å²) in [5, 5.41) is 0.735. The molecule has 2 heterocycles. The van der Waals surface area contributed by atoms with E-state index in [1.165, 1.54) is 19.1 Å². The zero-order valence-electron chi connectivity index (χ0n) is 11.9. The molecule has 0 amide bonds. The number of hydrogen-bond donors (Lipinski definition) is 0. The number of piperidine rings is 1. The number of nitrogens with zero attached hydrogens (tertiary/aromatic N) is 1. The van der Waals surface area contributed by atoms with Crippen LogP contribution in [0, 0.1) is 5.92 Å². The third kappa shape index (κ3) is 2.23. The molecule has 0 N–H and O–H groups in total. The molecular weight excluding hydrogens is 274 g/mol. The molecule has 3 nitrogen and oxygen atoms in total. The van der Waals surface area contributed by atoms with Gasteiger partial charge in [-0.3, -0.25) is 9.69 Å². The number of benzene rings is 1. The zero-order chi connectivity index (χ0) is 14.3. The Morgan fingerprint density at radius 3 is 2.65 bits per heavy atom. The minimum Gasteiger partial charge on any atom is -0.469 e. The van der Waals surface area contributed by atoms with Gasteiger partial charge in [0.05, 0.1) is 13.0 Å². The van der Waals surface area contributed by atoms with Crippen molar-refractivity contribution in [1.82, 2.24) is 4.90 Å². The van der Waals surface area contributed by atoms with Crippen molar-refractivity contribution in [3.63, 3.8) is 0 Å². The Balaban J connectivity index is 1.95. The summed E-state index contributed by atoms with van der Waals surface area (Å²) in [6, 6.07) is 8.81. The quantitative estimate of drug-likeness (QED) is 0.785. The monoisotopic (exact) mass is 293 g/mol. The molecule has 0 aliphatic carbocycles. The minimum atomic E-state index is -0.0813. The summed E-state index contributed by atoms with van der Waals surface area (Å²) in [4.78, 5) is 14.6. The van der Waals surface area contributed by atoms with E-state index in [9.17, 15) is 4.79 Å². The van der Waals surface area contributed by atoms with Crippen molar-refractivity contribution in [2.45, 2.75) is 37.3 Å². The number of fused-ring (bicyclic) bond motifs is 2.